The van der Waals surface area contributed by atoms with Crippen LogP contribution in [0.15, 0.2) is 29.3 Å². The zero-order chi connectivity index (χ0) is 14.2. The fourth-order valence-electron chi connectivity index (χ4n) is 3.00. The van der Waals surface area contributed by atoms with Crippen LogP contribution in [0.2, 0.25) is 5.02 Å². The SMILES string of the molecule is CC1=C(C(=O)c2ccc(C)c(Cl)c2)C(C)(C)CCC1. The number of halogens is 1. The molecule has 0 radical (unpaired) electrons. The molecule has 0 amide bonds. The molecule has 1 nitrogen and oxygen atoms in total. The molecular formula is C17H21ClO. The topological polar surface area (TPSA) is 17.1 Å². The summed E-state index contributed by atoms with van der Waals surface area (Å²) in [5, 5.41) is 0.665. The van der Waals surface area contributed by atoms with E-state index >= 15 is 0 Å². The maximum absolute atomic E-state index is 12.8. The van der Waals surface area contributed by atoms with Crippen molar-refractivity contribution in [2.75, 3.05) is 0 Å². The zero-order valence-corrected chi connectivity index (χ0v) is 12.9. The van der Waals surface area contributed by atoms with Crippen LogP contribution in [0.3, 0.4) is 0 Å². The summed E-state index contributed by atoms with van der Waals surface area (Å²) in [6, 6.07) is 5.60. The van der Waals surface area contributed by atoms with Crippen molar-refractivity contribution in [1.82, 2.24) is 0 Å². The van der Waals surface area contributed by atoms with Crippen LogP contribution in [0, 0.1) is 12.3 Å². The number of carbonyl (C=O) groups excluding carboxylic acids is 1. The molecule has 1 aromatic carbocycles. The predicted molar refractivity (Wildman–Crippen MR) is 80.9 cm³/mol. The normalized spacial score (nSPS) is 18.6. The fourth-order valence-corrected chi connectivity index (χ4v) is 3.18. The Morgan fingerprint density at radius 2 is 1.95 bits per heavy atom. The van der Waals surface area contributed by atoms with Gasteiger partial charge in [0, 0.05) is 16.2 Å². The number of ketones is 1. The summed E-state index contributed by atoms with van der Waals surface area (Å²) in [6.45, 7) is 8.37. The van der Waals surface area contributed by atoms with Crippen LogP contribution in [-0.4, -0.2) is 5.78 Å². The van der Waals surface area contributed by atoms with Crippen molar-refractivity contribution in [3.8, 4) is 0 Å². The third-order valence-electron chi connectivity index (χ3n) is 4.12. The number of rotatable bonds is 2. The molecule has 2 rings (SSSR count). The first-order valence-electron chi connectivity index (χ1n) is 6.84. The second-order valence-corrected chi connectivity index (χ2v) is 6.59. The van der Waals surface area contributed by atoms with Crippen LogP contribution < -0.4 is 0 Å². The first-order chi connectivity index (χ1) is 8.83. The highest BCUT2D eigenvalue weighted by Crippen LogP contribution is 2.41. The number of Topliss-reactive ketones (excluding diaryl/α,β-unsaturated/α-hetero) is 1. The Kier molecular flexibility index (Phi) is 3.87. The standard InChI is InChI=1S/C17H21ClO/c1-11-7-8-13(10-14(11)18)16(19)15-12(2)6-5-9-17(15,3)4/h7-8,10H,5-6,9H2,1-4H3. The molecule has 19 heavy (non-hydrogen) atoms. The second-order valence-electron chi connectivity index (χ2n) is 6.19. The summed E-state index contributed by atoms with van der Waals surface area (Å²) in [7, 11) is 0. The molecule has 0 unspecified atom stereocenters. The van der Waals surface area contributed by atoms with E-state index in [9.17, 15) is 4.79 Å². The number of hydrogen-bond donors (Lipinski definition) is 0. The maximum Gasteiger partial charge on any atom is 0.189 e. The van der Waals surface area contributed by atoms with E-state index in [0.717, 1.165) is 24.0 Å². The van der Waals surface area contributed by atoms with Crippen LogP contribution in [0.1, 0.15) is 56.0 Å². The quantitative estimate of drug-likeness (QED) is 0.665. The highest BCUT2D eigenvalue weighted by molar-refractivity contribution is 6.31. The molecule has 1 aliphatic carbocycles. The van der Waals surface area contributed by atoms with Crippen molar-refractivity contribution in [2.24, 2.45) is 5.41 Å². The lowest BCUT2D eigenvalue weighted by atomic mass is 9.70. The number of aryl methyl sites for hydroxylation is 1. The summed E-state index contributed by atoms with van der Waals surface area (Å²) in [6.07, 6.45) is 3.28. The van der Waals surface area contributed by atoms with Gasteiger partial charge in [-0.25, -0.2) is 0 Å². The predicted octanol–water partition coefficient (Wildman–Crippen LogP) is 5.36. The van der Waals surface area contributed by atoms with Gasteiger partial charge in [0.05, 0.1) is 0 Å². The van der Waals surface area contributed by atoms with Gasteiger partial charge in [-0.1, -0.05) is 43.2 Å². The Morgan fingerprint density at radius 3 is 2.53 bits per heavy atom. The van der Waals surface area contributed by atoms with Crippen LogP contribution in [-0.2, 0) is 0 Å². The summed E-state index contributed by atoms with van der Waals surface area (Å²) in [5.74, 6) is 0.143. The molecule has 0 N–H and O–H groups in total. The molecule has 0 bridgehead atoms. The first-order valence-corrected chi connectivity index (χ1v) is 7.22. The molecule has 0 fully saturated rings. The number of carbonyl (C=O) groups is 1. The molecular weight excluding hydrogens is 256 g/mol. The van der Waals surface area contributed by atoms with Gasteiger partial charge in [-0.15, -0.1) is 0 Å². The molecule has 0 heterocycles. The van der Waals surface area contributed by atoms with Gasteiger partial charge in [-0.2, -0.15) is 0 Å². The molecule has 1 aromatic rings. The zero-order valence-electron chi connectivity index (χ0n) is 12.1. The minimum absolute atomic E-state index is 0.0310. The van der Waals surface area contributed by atoms with E-state index in [0.29, 0.717) is 10.6 Å². The largest absolute Gasteiger partial charge is 0.289 e. The highest BCUT2D eigenvalue weighted by Gasteiger charge is 2.33. The molecule has 0 spiro atoms. The molecule has 0 saturated carbocycles. The first kappa shape index (κ1) is 14.3. The van der Waals surface area contributed by atoms with E-state index in [2.05, 4.69) is 20.8 Å². The van der Waals surface area contributed by atoms with Crippen molar-refractivity contribution in [1.29, 1.82) is 0 Å². The second kappa shape index (κ2) is 5.13. The number of allylic oxidation sites excluding steroid dienone is 2. The van der Waals surface area contributed by atoms with Crippen molar-refractivity contribution in [3.63, 3.8) is 0 Å². The molecule has 0 aliphatic heterocycles. The molecule has 2 heteroatoms. The van der Waals surface area contributed by atoms with Crippen molar-refractivity contribution in [3.05, 3.63) is 45.5 Å². The smallest absolute Gasteiger partial charge is 0.189 e. The van der Waals surface area contributed by atoms with Crippen LogP contribution in [0.4, 0.5) is 0 Å². The minimum Gasteiger partial charge on any atom is -0.289 e. The van der Waals surface area contributed by atoms with E-state index in [-0.39, 0.29) is 11.2 Å². The molecule has 0 saturated heterocycles. The lowest BCUT2D eigenvalue weighted by Crippen LogP contribution is -2.26. The van der Waals surface area contributed by atoms with Gasteiger partial charge in [0.2, 0.25) is 0 Å². The molecule has 102 valence electrons. The minimum atomic E-state index is -0.0310. The summed E-state index contributed by atoms with van der Waals surface area (Å²) >= 11 is 6.14. The van der Waals surface area contributed by atoms with Crippen LogP contribution >= 0.6 is 11.6 Å². The van der Waals surface area contributed by atoms with Gasteiger partial charge in [0.15, 0.2) is 5.78 Å². The fraction of sp³-hybridized carbons (Fsp3) is 0.471. The van der Waals surface area contributed by atoms with Crippen molar-refractivity contribution < 1.29 is 4.79 Å². The van der Waals surface area contributed by atoms with Gasteiger partial charge in [-0.3, -0.25) is 4.79 Å². The highest BCUT2D eigenvalue weighted by atomic mass is 35.5. The average molecular weight is 277 g/mol. The number of benzene rings is 1. The van der Waals surface area contributed by atoms with Crippen molar-refractivity contribution >= 4 is 17.4 Å². The van der Waals surface area contributed by atoms with Gasteiger partial charge in [0.25, 0.3) is 0 Å². The Bertz CT molecular complexity index is 552. The maximum atomic E-state index is 12.8. The summed E-state index contributed by atoms with van der Waals surface area (Å²) < 4.78 is 0. The lowest BCUT2D eigenvalue weighted by molar-refractivity contribution is 0.0998. The third-order valence-corrected chi connectivity index (χ3v) is 4.53. The lowest BCUT2D eigenvalue weighted by Gasteiger charge is -2.33. The van der Waals surface area contributed by atoms with E-state index in [4.69, 9.17) is 11.6 Å². The molecule has 0 aromatic heterocycles. The van der Waals surface area contributed by atoms with E-state index in [1.54, 1.807) is 6.07 Å². The molecule has 0 atom stereocenters. The van der Waals surface area contributed by atoms with Crippen molar-refractivity contribution in [2.45, 2.75) is 47.0 Å². The third kappa shape index (κ3) is 2.76. The van der Waals surface area contributed by atoms with Gasteiger partial charge < -0.3 is 0 Å². The van der Waals surface area contributed by atoms with Gasteiger partial charge >= 0.3 is 0 Å². The van der Waals surface area contributed by atoms with Crippen LogP contribution in [0.5, 0.6) is 0 Å². The Labute approximate surface area is 120 Å². The Balaban J connectivity index is 2.45. The van der Waals surface area contributed by atoms with E-state index in [1.165, 1.54) is 12.0 Å². The summed E-state index contributed by atoms with van der Waals surface area (Å²) in [4.78, 5) is 12.8. The monoisotopic (exact) mass is 276 g/mol. The average Bonchev–Trinajstić information content (AvgIpc) is 2.31. The van der Waals surface area contributed by atoms with Crippen LogP contribution in [0.25, 0.3) is 0 Å². The Hall–Kier alpha value is -1.08. The van der Waals surface area contributed by atoms with E-state index in [1.807, 2.05) is 19.1 Å². The molecule has 1 aliphatic rings. The van der Waals surface area contributed by atoms with Gasteiger partial charge in [0.1, 0.15) is 0 Å². The summed E-state index contributed by atoms with van der Waals surface area (Å²) in [5.41, 5.74) is 3.90. The van der Waals surface area contributed by atoms with Gasteiger partial charge in [-0.05, 0) is 50.2 Å². The Morgan fingerprint density at radius 1 is 1.26 bits per heavy atom. The van der Waals surface area contributed by atoms with E-state index < -0.39 is 0 Å². The number of hydrogen-bond acceptors (Lipinski definition) is 1.